The third-order valence-electron chi connectivity index (χ3n) is 4.21. The van der Waals surface area contributed by atoms with Crippen molar-refractivity contribution >= 4 is 29.1 Å². The van der Waals surface area contributed by atoms with Crippen LogP contribution in [0.3, 0.4) is 0 Å². The SMILES string of the molecule is CCOc1ccc(C=C(Cl)C(=O)c2cc(OC)cc(OC)c2OC)cc1N(C)C. The van der Waals surface area contributed by atoms with Crippen LogP contribution in [0.4, 0.5) is 5.69 Å². The topological polar surface area (TPSA) is 57.2 Å². The second kappa shape index (κ2) is 10.1. The summed E-state index contributed by atoms with van der Waals surface area (Å²) < 4.78 is 21.6. The first-order valence-corrected chi connectivity index (χ1v) is 9.40. The summed E-state index contributed by atoms with van der Waals surface area (Å²) in [4.78, 5) is 15.0. The van der Waals surface area contributed by atoms with Crippen molar-refractivity contribution in [1.29, 1.82) is 0 Å². The molecular weight excluding hydrogens is 394 g/mol. The molecule has 0 aromatic heterocycles. The molecule has 2 rings (SSSR count). The van der Waals surface area contributed by atoms with Crippen LogP contribution < -0.4 is 23.8 Å². The molecule has 2 aromatic carbocycles. The molecule has 0 spiro atoms. The van der Waals surface area contributed by atoms with Crippen molar-refractivity contribution in [2.24, 2.45) is 0 Å². The number of hydrogen-bond donors (Lipinski definition) is 0. The van der Waals surface area contributed by atoms with E-state index in [4.69, 9.17) is 30.5 Å². The molecular formula is C22H26ClNO5. The van der Waals surface area contributed by atoms with Crippen LogP contribution in [-0.2, 0) is 0 Å². The van der Waals surface area contributed by atoms with E-state index in [1.807, 2.05) is 44.1 Å². The molecule has 0 aliphatic carbocycles. The van der Waals surface area contributed by atoms with Crippen molar-refractivity contribution in [1.82, 2.24) is 0 Å². The highest BCUT2D eigenvalue weighted by Gasteiger charge is 2.21. The van der Waals surface area contributed by atoms with E-state index in [0.717, 1.165) is 17.0 Å². The van der Waals surface area contributed by atoms with E-state index in [1.54, 1.807) is 18.2 Å². The zero-order chi connectivity index (χ0) is 21.6. The molecule has 7 heteroatoms. The lowest BCUT2D eigenvalue weighted by atomic mass is 10.1. The summed E-state index contributed by atoms with van der Waals surface area (Å²) in [6.07, 6.45) is 1.61. The monoisotopic (exact) mass is 419 g/mol. The summed E-state index contributed by atoms with van der Waals surface area (Å²) in [5.41, 5.74) is 1.91. The number of carbonyl (C=O) groups excluding carboxylic acids is 1. The van der Waals surface area contributed by atoms with Gasteiger partial charge >= 0.3 is 0 Å². The highest BCUT2D eigenvalue weighted by Crippen LogP contribution is 2.37. The molecule has 0 saturated heterocycles. The van der Waals surface area contributed by atoms with Gasteiger partial charge < -0.3 is 23.8 Å². The fraction of sp³-hybridized carbons (Fsp3) is 0.318. The number of allylic oxidation sites excluding steroid dienone is 1. The van der Waals surface area contributed by atoms with Crippen molar-refractivity contribution in [3.63, 3.8) is 0 Å². The first kappa shape index (κ1) is 22.4. The average molecular weight is 420 g/mol. The van der Waals surface area contributed by atoms with Gasteiger partial charge in [-0.15, -0.1) is 0 Å². The molecule has 0 fully saturated rings. The Morgan fingerprint density at radius 3 is 2.31 bits per heavy atom. The zero-order valence-corrected chi connectivity index (χ0v) is 18.3. The summed E-state index contributed by atoms with van der Waals surface area (Å²) in [6.45, 7) is 2.49. The van der Waals surface area contributed by atoms with E-state index in [0.29, 0.717) is 23.9 Å². The average Bonchev–Trinajstić information content (AvgIpc) is 2.72. The second-order valence-electron chi connectivity index (χ2n) is 6.29. The van der Waals surface area contributed by atoms with Crippen LogP contribution >= 0.6 is 11.6 Å². The number of carbonyl (C=O) groups is 1. The summed E-state index contributed by atoms with van der Waals surface area (Å²) in [5, 5.41) is 0.0347. The number of halogens is 1. The molecule has 0 amide bonds. The normalized spacial score (nSPS) is 11.1. The minimum Gasteiger partial charge on any atom is -0.497 e. The van der Waals surface area contributed by atoms with Crippen molar-refractivity contribution in [2.75, 3.05) is 46.9 Å². The summed E-state index contributed by atoms with van der Waals surface area (Å²) in [6, 6.07) is 8.82. The lowest BCUT2D eigenvalue weighted by Crippen LogP contribution is -2.11. The molecule has 0 radical (unpaired) electrons. The largest absolute Gasteiger partial charge is 0.497 e. The fourth-order valence-corrected chi connectivity index (χ4v) is 3.05. The van der Waals surface area contributed by atoms with Gasteiger partial charge in [-0.2, -0.15) is 0 Å². The standard InChI is InChI=1S/C22H26ClNO5/c1-7-29-19-9-8-14(11-18(19)24(2)3)10-17(23)21(25)16-12-15(26-4)13-20(27-5)22(16)28-6/h8-13H,7H2,1-6H3. The van der Waals surface area contributed by atoms with E-state index < -0.39 is 5.78 Å². The fourth-order valence-electron chi connectivity index (χ4n) is 2.82. The number of ether oxygens (including phenoxy) is 4. The number of nitrogens with zero attached hydrogens (tertiary/aromatic N) is 1. The Morgan fingerprint density at radius 2 is 1.76 bits per heavy atom. The zero-order valence-electron chi connectivity index (χ0n) is 17.5. The third-order valence-corrected chi connectivity index (χ3v) is 4.49. The quantitative estimate of drug-likeness (QED) is 0.436. The Bertz CT molecular complexity index is 908. The molecule has 0 saturated carbocycles. The van der Waals surface area contributed by atoms with Crippen molar-refractivity contribution in [3.05, 3.63) is 46.5 Å². The van der Waals surface area contributed by atoms with Crippen LogP contribution in [0.5, 0.6) is 23.0 Å². The lowest BCUT2D eigenvalue weighted by molar-refractivity contribution is 0.103. The van der Waals surface area contributed by atoms with Crippen LogP contribution in [0.25, 0.3) is 6.08 Å². The van der Waals surface area contributed by atoms with Gasteiger partial charge in [-0.1, -0.05) is 17.7 Å². The number of ketones is 1. The van der Waals surface area contributed by atoms with E-state index in [1.165, 1.54) is 21.3 Å². The predicted molar refractivity (Wildman–Crippen MR) is 116 cm³/mol. The van der Waals surface area contributed by atoms with Gasteiger partial charge in [0.1, 0.15) is 11.5 Å². The van der Waals surface area contributed by atoms with Crippen LogP contribution in [0.1, 0.15) is 22.8 Å². The highest BCUT2D eigenvalue weighted by atomic mass is 35.5. The molecule has 156 valence electrons. The minimum absolute atomic E-state index is 0.0347. The van der Waals surface area contributed by atoms with Gasteiger partial charge in [-0.3, -0.25) is 4.79 Å². The number of methoxy groups -OCH3 is 3. The minimum atomic E-state index is -0.402. The molecule has 29 heavy (non-hydrogen) atoms. The van der Waals surface area contributed by atoms with Gasteiger partial charge in [-0.05, 0) is 36.8 Å². The summed E-state index contributed by atoms with van der Waals surface area (Å²) in [5.74, 6) is 1.50. The van der Waals surface area contributed by atoms with Crippen LogP contribution in [0.2, 0.25) is 0 Å². The Morgan fingerprint density at radius 1 is 1.03 bits per heavy atom. The van der Waals surface area contributed by atoms with E-state index >= 15 is 0 Å². The Labute approximate surface area is 176 Å². The van der Waals surface area contributed by atoms with Crippen LogP contribution in [0.15, 0.2) is 35.4 Å². The van der Waals surface area contributed by atoms with Crippen LogP contribution in [-0.4, -0.2) is 47.8 Å². The molecule has 6 nitrogen and oxygen atoms in total. The number of hydrogen-bond acceptors (Lipinski definition) is 6. The van der Waals surface area contributed by atoms with Crippen molar-refractivity contribution in [2.45, 2.75) is 6.92 Å². The van der Waals surface area contributed by atoms with Gasteiger partial charge in [0, 0.05) is 20.2 Å². The van der Waals surface area contributed by atoms with Crippen LogP contribution in [0, 0.1) is 0 Å². The first-order valence-electron chi connectivity index (χ1n) is 9.02. The number of anilines is 1. The molecule has 0 aliphatic rings. The molecule has 0 aliphatic heterocycles. The van der Waals surface area contributed by atoms with Crippen molar-refractivity contribution in [3.8, 4) is 23.0 Å². The van der Waals surface area contributed by atoms with Gasteiger partial charge in [0.05, 0.1) is 44.2 Å². The maximum atomic E-state index is 13.0. The molecule has 0 N–H and O–H groups in total. The maximum Gasteiger partial charge on any atom is 0.208 e. The smallest absolute Gasteiger partial charge is 0.208 e. The van der Waals surface area contributed by atoms with E-state index in [-0.39, 0.29) is 10.6 Å². The van der Waals surface area contributed by atoms with E-state index in [9.17, 15) is 4.79 Å². The second-order valence-corrected chi connectivity index (χ2v) is 6.69. The van der Waals surface area contributed by atoms with Gasteiger partial charge in [0.25, 0.3) is 0 Å². The molecule has 2 aromatic rings. The molecule has 0 unspecified atom stereocenters. The lowest BCUT2D eigenvalue weighted by Gasteiger charge is -2.18. The van der Waals surface area contributed by atoms with Crippen molar-refractivity contribution < 1.29 is 23.7 Å². The summed E-state index contributed by atoms with van der Waals surface area (Å²) in [7, 11) is 8.31. The summed E-state index contributed by atoms with van der Waals surface area (Å²) >= 11 is 6.38. The van der Waals surface area contributed by atoms with Gasteiger partial charge in [0.2, 0.25) is 5.78 Å². The Kier molecular flexibility index (Phi) is 7.79. The maximum absolute atomic E-state index is 13.0. The highest BCUT2D eigenvalue weighted by molar-refractivity contribution is 6.47. The first-order chi connectivity index (χ1) is 13.9. The van der Waals surface area contributed by atoms with Gasteiger partial charge in [-0.25, -0.2) is 0 Å². The molecule has 0 heterocycles. The molecule has 0 bridgehead atoms. The van der Waals surface area contributed by atoms with Gasteiger partial charge in [0.15, 0.2) is 11.5 Å². The number of benzene rings is 2. The Balaban J connectivity index is 2.47. The number of Topliss-reactive ketones (excluding diaryl/α,β-unsaturated/α-hetero) is 1. The third kappa shape index (κ3) is 5.15. The van der Waals surface area contributed by atoms with E-state index in [2.05, 4.69) is 0 Å². The Hall–Kier alpha value is -2.86. The molecule has 0 atom stereocenters. The number of rotatable bonds is 9. The predicted octanol–water partition coefficient (Wildman–Crippen LogP) is 4.64.